The third-order valence-electron chi connectivity index (χ3n) is 5.42. The molecule has 1 aliphatic heterocycles. The molecule has 0 unspecified atom stereocenters. The van der Waals surface area contributed by atoms with E-state index in [0.29, 0.717) is 28.3 Å². The summed E-state index contributed by atoms with van der Waals surface area (Å²) < 4.78 is 20.3. The highest BCUT2D eigenvalue weighted by Crippen LogP contribution is 2.28. The molecule has 3 amide bonds. The fraction of sp³-hybridized carbons (Fsp3) is 0.409. The Morgan fingerprint density at radius 3 is 2.76 bits per heavy atom. The summed E-state index contributed by atoms with van der Waals surface area (Å²) in [6.45, 7) is 1.24. The number of nitrogens with one attached hydrogen (secondary N) is 3. The van der Waals surface area contributed by atoms with E-state index >= 15 is 0 Å². The number of hydrogen-bond acceptors (Lipinski definition) is 6. The van der Waals surface area contributed by atoms with Gasteiger partial charge < -0.3 is 25.6 Å². The van der Waals surface area contributed by atoms with Crippen LogP contribution in [0.5, 0.6) is 0 Å². The minimum absolute atomic E-state index is 0.0652. The SMILES string of the molecule is O=C(NC[C@H](NCC1CC1)C(=O)Nc1ccc(N2CCOCC2=O)c(F)c1)c1ccc(Cl)s1. The van der Waals surface area contributed by atoms with Crippen LogP contribution in [0.4, 0.5) is 15.8 Å². The van der Waals surface area contributed by atoms with Crippen LogP contribution in [-0.4, -0.2) is 56.6 Å². The number of nitrogens with zero attached hydrogens (tertiary/aromatic N) is 1. The molecule has 1 atom stereocenters. The largest absolute Gasteiger partial charge is 0.370 e. The average Bonchev–Trinajstić information content (AvgIpc) is 3.52. The lowest BCUT2D eigenvalue weighted by Crippen LogP contribution is -2.49. The number of hydrogen-bond donors (Lipinski definition) is 3. The van der Waals surface area contributed by atoms with Crippen LogP contribution in [0.25, 0.3) is 0 Å². The van der Waals surface area contributed by atoms with Crippen LogP contribution < -0.4 is 20.9 Å². The predicted molar refractivity (Wildman–Crippen MR) is 124 cm³/mol. The van der Waals surface area contributed by atoms with Crippen LogP contribution in [-0.2, 0) is 14.3 Å². The van der Waals surface area contributed by atoms with E-state index in [4.69, 9.17) is 16.3 Å². The van der Waals surface area contributed by atoms with Crippen molar-refractivity contribution >= 4 is 52.0 Å². The average molecular weight is 495 g/mol. The highest BCUT2D eigenvalue weighted by atomic mass is 35.5. The summed E-state index contributed by atoms with van der Waals surface area (Å²) in [5.74, 6) is -1.12. The molecule has 3 N–H and O–H groups in total. The number of benzene rings is 1. The van der Waals surface area contributed by atoms with E-state index < -0.39 is 17.8 Å². The van der Waals surface area contributed by atoms with Crippen molar-refractivity contribution in [1.29, 1.82) is 0 Å². The zero-order chi connectivity index (χ0) is 23.4. The summed E-state index contributed by atoms with van der Waals surface area (Å²) in [6.07, 6.45) is 2.21. The molecule has 176 valence electrons. The summed E-state index contributed by atoms with van der Waals surface area (Å²) >= 11 is 7.04. The Morgan fingerprint density at radius 1 is 1.27 bits per heavy atom. The molecule has 1 saturated heterocycles. The normalized spacial score (nSPS) is 17.0. The Kier molecular flexibility index (Phi) is 7.59. The van der Waals surface area contributed by atoms with Crippen LogP contribution in [0.3, 0.4) is 0 Å². The predicted octanol–water partition coefficient (Wildman–Crippen LogP) is 2.64. The van der Waals surface area contributed by atoms with Gasteiger partial charge in [0, 0.05) is 18.8 Å². The van der Waals surface area contributed by atoms with Gasteiger partial charge in [0.25, 0.3) is 11.8 Å². The van der Waals surface area contributed by atoms with Crippen LogP contribution in [0.2, 0.25) is 4.34 Å². The van der Waals surface area contributed by atoms with Crippen molar-refractivity contribution in [3.05, 3.63) is 45.4 Å². The first-order valence-corrected chi connectivity index (χ1v) is 11.9. The quantitative estimate of drug-likeness (QED) is 0.497. The Balaban J connectivity index is 1.39. The third kappa shape index (κ3) is 6.29. The fourth-order valence-electron chi connectivity index (χ4n) is 3.41. The second-order valence-corrected chi connectivity index (χ2v) is 9.69. The molecular formula is C22H24ClFN4O4S. The molecule has 11 heteroatoms. The van der Waals surface area contributed by atoms with Crippen molar-refractivity contribution in [2.45, 2.75) is 18.9 Å². The smallest absolute Gasteiger partial charge is 0.261 e. The van der Waals surface area contributed by atoms with E-state index in [0.717, 1.165) is 24.2 Å². The maximum absolute atomic E-state index is 14.7. The molecule has 0 bridgehead atoms. The van der Waals surface area contributed by atoms with Gasteiger partial charge >= 0.3 is 0 Å². The number of anilines is 2. The van der Waals surface area contributed by atoms with Gasteiger partial charge in [-0.15, -0.1) is 11.3 Å². The molecule has 1 aromatic carbocycles. The van der Waals surface area contributed by atoms with Gasteiger partial charge in [0.2, 0.25) is 5.91 Å². The Labute approximate surface area is 199 Å². The number of carbonyl (C=O) groups excluding carboxylic acids is 3. The van der Waals surface area contributed by atoms with Crippen LogP contribution in [0, 0.1) is 11.7 Å². The lowest BCUT2D eigenvalue weighted by molar-refractivity contribution is -0.125. The first-order valence-electron chi connectivity index (χ1n) is 10.7. The Hall–Kier alpha value is -2.53. The summed E-state index contributed by atoms with van der Waals surface area (Å²) in [7, 11) is 0. The first-order chi connectivity index (χ1) is 15.9. The zero-order valence-corrected chi connectivity index (χ0v) is 19.3. The topological polar surface area (TPSA) is 99.8 Å². The number of amides is 3. The molecule has 2 heterocycles. The molecule has 2 aliphatic rings. The first kappa shape index (κ1) is 23.6. The van der Waals surface area contributed by atoms with Crippen molar-refractivity contribution in [3.63, 3.8) is 0 Å². The zero-order valence-electron chi connectivity index (χ0n) is 17.7. The molecule has 4 rings (SSSR count). The van der Waals surface area contributed by atoms with Gasteiger partial charge in [0.05, 0.1) is 21.5 Å². The summed E-state index contributed by atoms with van der Waals surface area (Å²) in [6, 6.07) is 6.75. The van der Waals surface area contributed by atoms with Crippen molar-refractivity contribution in [1.82, 2.24) is 10.6 Å². The molecule has 0 spiro atoms. The number of rotatable bonds is 9. The molecule has 1 saturated carbocycles. The minimum atomic E-state index is -0.700. The van der Waals surface area contributed by atoms with Crippen molar-refractivity contribution in [2.24, 2.45) is 5.92 Å². The van der Waals surface area contributed by atoms with Gasteiger partial charge in [-0.3, -0.25) is 14.4 Å². The van der Waals surface area contributed by atoms with Gasteiger partial charge in [-0.1, -0.05) is 11.6 Å². The number of halogens is 2. The standard InChI is InChI=1S/C22H24ClFN4O4S/c23-19-6-5-18(33-19)22(31)26-11-16(25-10-13-1-2-13)21(30)27-14-3-4-17(15(24)9-14)28-7-8-32-12-20(28)29/h3-6,9,13,16,25H,1-2,7-8,10-12H2,(H,26,31)(H,27,30)/t16-/m0/s1. The van der Waals surface area contributed by atoms with E-state index in [9.17, 15) is 18.8 Å². The van der Waals surface area contributed by atoms with Crippen molar-refractivity contribution < 1.29 is 23.5 Å². The van der Waals surface area contributed by atoms with E-state index in [1.54, 1.807) is 18.2 Å². The second kappa shape index (κ2) is 10.6. The van der Waals surface area contributed by atoms with E-state index in [1.807, 2.05) is 0 Å². The van der Waals surface area contributed by atoms with Gasteiger partial charge in [-0.2, -0.15) is 0 Å². The third-order valence-corrected chi connectivity index (χ3v) is 6.65. The number of carbonyl (C=O) groups is 3. The highest BCUT2D eigenvalue weighted by molar-refractivity contribution is 7.18. The van der Waals surface area contributed by atoms with Crippen LogP contribution in [0.1, 0.15) is 22.5 Å². The molecular weight excluding hydrogens is 471 g/mol. The number of morpholine rings is 1. The Bertz CT molecular complexity index is 1050. The molecule has 8 nitrogen and oxygen atoms in total. The summed E-state index contributed by atoms with van der Waals surface area (Å²) in [5, 5.41) is 8.63. The number of ether oxygens (including phenoxy) is 1. The van der Waals surface area contributed by atoms with E-state index in [-0.39, 0.29) is 42.9 Å². The van der Waals surface area contributed by atoms with Crippen molar-refractivity contribution in [2.75, 3.05) is 43.1 Å². The van der Waals surface area contributed by atoms with Crippen molar-refractivity contribution in [3.8, 4) is 0 Å². The van der Waals surface area contributed by atoms with Crippen LogP contribution in [0.15, 0.2) is 30.3 Å². The molecule has 2 aromatic rings. The molecule has 0 radical (unpaired) electrons. The second-order valence-electron chi connectivity index (χ2n) is 7.97. The minimum Gasteiger partial charge on any atom is -0.370 e. The Morgan fingerprint density at radius 2 is 2.09 bits per heavy atom. The molecule has 1 aromatic heterocycles. The van der Waals surface area contributed by atoms with Gasteiger partial charge in [-0.05, 0) is 55.6 Å². The summed E-state index contributed by atoms with van der Waals surface area (Å²) in [4.78, 5) is 39.0. The monoisotopic (exact) mass is 494 g/mol. The molecule has 33 heavy (non-hydrogen) atoms. The maximum Gasteiger partial charge on any atom is 0.261 e. The van der Waals surface area contributed by atoms with Crippen LogP contribution >= 0.6 is 22.9 Å². The number of thiophene rings is 1. The highest BCUT2D eigenvalue weighted by Gasteiger charge is 2.27. The fourth-order valence-corrected chi connectivity index (χ4v) is 4.37. The van der Waals surface area contributed by atoms with E-state index in [1.165, 1.54) is 17.0 Å². The maximum atomic E-state index is 14.7. The lowest BCUT2D eigenvalue weighted by atomic mass is 10.2. The van der Waals surface area contributed by atoms with Gasteiger partial charge in [-0.25, -0.2) is 4.39 Å². The van der Waals surface area contributed by atoms with E-state index in [2.05, 4.69) is 16.0 Å². The lowest BCUT2D eigenvalue weighted by Gasteiger charge is -2.27. The molecule has 1 aliphatic carbocycles. The molecule has 2 fully saturated rings. The van der Waals surface area contributed by atoms with Gasteiger partial charge in [0.15, 0.2) is 0 Å². The summed E-state index contributed by atoms with van der Waals surface area (Å²) in [5.41, 5.74) is 0.406. The van der Waals surface area contributed by atoms with Gasteiger partial charge in [0.1, 0.15) is 18.5 Å².